The van der Waals surface area contributed by atoms with Crippen molar-refractivity contribution in [1.29, 1.82) is 0 Å². The molecule has 3 fully saturated rings. The third kappa shape index (κ3) is 12.2. The van der Waals surface area contributed by atoms with Gasteiger partial charge in [0.05, 0.1) is 68.2 Å². The van der Waals surface area contributed by atoms with E-state index in [1.54, 1.807) is 64.1 Å². The van der Waals surface area contributed by atoms with E-state index < -0.39 is 65.5 Å². The number of carbonyl (C=O) groups is 3. The number of benzene rings is 6. The molecule has 5 N–H and O–H groups in total. The van der Waals surface area contributed by atoms with E-state index in [4.69, 9.17) is 24.2 Å². The number of alkyl halides is 2. The van der Waals surface area contributed by atoms with E-state index in [9.17, 15) is 28.3 Å². The smallest absolute Gasteiger partial charge is 0.339 e. The fourth-order valence-electron chi connectivity index (χ4n) is 12.2. The molecule has 0 bridgehead atoms. The van der Waals surface area contributed by atoms with Gasteiger partial charge >= 0.3 is 5.97 Å². The van der Waals surface area contributed by atoms with Crippen LogP contribution in [0.25, 0.3) is 50.4 Å². The number of aromatic carboxylic acids is 1. The molecule has 3 saturated heterocycles. The molecule has 24 heteroatoms. The molecular formula is C68H65F5N10O8P+. The average Bonchev–Trinajstić information content (AvgIpc) is 0.859. The number of allylic oxidation sites excluding steroid dienone is 5. The number of nitrogens with zero attached hydrogens (tertiary/aromatic N) is 6. The minimum atomic E-state index is -4.04. The Morgan fingerprint density at radius 2 is 1.34 bits per heavy atom. The zero-order valence-corrected chi connectivity index (χ0v) is 51.0. The highest BCUT2D eigenvalue weighted by Crippen LogP contribution is 2.62. The van der Waals surface area contributed by atoms with Crippen LogP contribution in [0.1, 0.15) is 44.7 Å². The molecule has 2 amide bonds. The van der Waals surface area contributed by atoms with Crippen LogP contribution in [0.4, 0.5) is 33.3 Å². The summed E-state index contributed by atoms with van der Waals surface area (Å²) in [6.45, 7) is 4.51. The number of nitrogens with one attached hydrogen (secondary N) is 4. The molecule has 8 aromatic rings. The molecule has 474 valence electrons. The summed E-state index contributed by atoms with van der Waals surface area (Å²) < 4.78 is 113. The fraction of sp³-hybridized carbons (Fsp3) is 0.294. The van der Waals surface area contributed by atoms with Crippen LogP contribution in [0, 0.1) is 17.5 Å². The van der Waals surface area contributed by atoms with Crippen molar-refractivity contribution in [2.75, 3.05) is 115 Å². The van der Waals surface area contributed by atoms with Crippen LogP contribution in [-0.4, -0.2) is 176 Å². The fourth-order valence-corrected chi connectivity index (χ4v) is 15.3. The molecule has 5 aliphatic rings. The van der Waals surface area contributed by atoms with E-state index >= 15 is 17.7 Å². The largest absolute Gasteiger partial charge is 0.494 e. The summed E-state index contributed by atoms with van der Waals surface area (Å²) in [5.74, 6) is -7.24. The van der Waals surface area contributed by atoms with Gasteiger partial charge in [0.25, 0.3) is 5.91 Å². The van der Waals surface area contributed by atoms with Crippen LogP contribution < -0.4 is 35.8 Å². The molecule has 1 unspecified atom stereocenters. The van der Waals surface area contributed by atoms with Crippen molar-refractivity contribution < 1.29 is 64.8 Å². The number of carbonyl (C=O) groups excluding carboxylic acids is 2. The number of H-pyrrole nitrogens is 2. The zero-order valence-electron chi connectivity index (χ0n) is 50.1. The molecule has 0 saturated carbocycles. The normalized spacial score (nSPS) is 18.2. The SMILES string of the molecule is CN1CCN(c2ccc3nc(-c4ccc5nc(-c6ccc(OCCCC(=O)NCCOCCOCCNC(=O)c7c(F)c(F)c(C(=O)O)c(C8=C9C=CC(=[N+]%10CC(F)C%10)C=C9P(=O)(c9ccccc9)c9cc(N%10CC(F)C%10)ccc98)c7F)cc6)[nH]c5c4)[nH]c3c2)CC1. The van der Waals surface area contributed by atoms with Crippen molar-refractivity contribution in [3.8, 4) is 28.5 Å². The summed E-state index contributed by atoms with van der Waals surface area (Å²) >= 11 is 0. The summed E-state index contributed by atoms with van der Waals surface area (Å²) in [6, 6.07) is 32.9. The first-order chi connectivity index (χ1) is 44.6. The van der Waals surface area contributed by atoms with E-state index in [-0.39, 0.29) is 105 Å². The number of carboxylic acids is 1. The number of rotatable bonds is 22. The molecule has 6 aromatic carbocycles. The number of hydrogen-bond donors (Lipinski definition) is 5. The van der Waals surface area contributed by atoms with Gasteiger partial charge in [-0.25, -0.2) is 41.3 Å². The Balaban J connectivity index is 0.575. The van der Waals surface area contributed by atoms with E-state index in [0.29, 0.717) is 41.3 Å². The van der Waals surface area contributed by atoms with Gasteiger partial charge in [0.15, 0.2) is 31.9 Å². The minimum Gasteiger partial charge on any atom is -0.494 e. The number of imidazole rings is 2. The standard InChI is InChI=1S/C68H64F5N10O8P/c1-80-23-25-81(26-24-80)44-14-20-52-54(33-44)79-66(77-52)41-11-19-51-53(32-41)78-65(76-51)40-9-15-47(16-10-40)91-27-5-8-57(84)74-21-28-89-30-31-90-29-22-75-67(85)61-62(71)59(60(68(86)87)63(72)64(61)73)58-49-17-12-45(82-36-42(69)37-82)34-55(49)92(88,48-6-3-2-4-7-48)56-35-46(13-18-50(56)58)83-38-43(70)39-83/h2-4,6-7,9-20,32-35,42-43H,5,8,21-31,36-39H2,1H3,(H4,74,75,84,85,86,87,88)/p+1. The summed E-state index contributed by atoms with van der Waals surface area (Å²) in [7, 11) is -1.89. The second kappa shape index (κ2) is 26.1. The van der Waals surface area contributed by atoms with Crippen LogP contribution in [0.15, 0.2) is 138 Å². The third-order valence-corrected chi connectivity index (χ3v) is 20.3. The highest BCUT2D eigenvalue weighted by Gasteiger charge is 2.47. The van der Waals surface area contributed by atoms with Crippen molar-refractivity contribution in [3.05, 3.63) is 178 Å². The number of hydrogen-bond acceptors (Lipinski definition) is 12. The van der Waals surface area contributed by atoms with Gasteiger partial charge in [-0.3, -0.25) is 9.59 Å². The molecule has 1 aliphatic carbocycles. The van der Waals surface area contributed by atoms with Crippen molar-refractivity contribution in [2.24, 2.45) is 0 Å². The van der Waals surface area contributed by atoms with Crippen LogP contribution in [0.3, 0.4) is 0 Å². The van der Waals surface area contributed by atoms with Gasteiger partial charge in [0.1, 0.15) is 40.5 Å². The van der Waals surface area contributed by atoms with Gasteiger partial charge in [-0.15, -0.1) is 0 Å². The molecule has 0 radical (unpaired) electrons. The maximum atomic E-state index is 17.4. The molecule has 13 rings (SSSR count). The van der Waals surface area contributed by atoms with Crippen molar-refractivity contribution in [1.82, 2.24) is 35.5 Å². The third-order valence-electron chi connectivity index (χ3n) is 17.2. The number of ether oxygens (including phenoxy) is 3. The Bertz CT molecular complexity index is 4380. The number of aromatic nitrogens is 4. The molecule has 4 aliphatic heterocycles. The Morgan fingerprint density at radius 1 is 0.696 bits per heavy atom. The monoisotopic (exact) mass is 1280 g/mol. The number of carboxylic acid groups (broad SMARTS) is 1. The average molecular weight is 1280 g/mol. The predicted octanol–water partition coefficient (Wildman–Crippen LogP) is 8.93. The Hall–Kier alpha value is -9.28. The lowest BCUT2D eigenvalue weighted by Gasteiger charge is -2.39. The van der Waals surface area contributed by atoms with Gasteiger partial charge in [0, 0.05) is 107 Å². The summed E-state index contributed by atoms with van der Waals surface area (Å²) in [5, 5.41) is 16.1. The van der Waals surface area contributed by atoms with Crippen molar-refractivity contribution in [2.45, 2.75) is 25.2 Å². The van der Waals surface area contributed by atoms with E-state index in [2.05, 4.69) is 55.6 Å². The quantitative estimate of drug-likeness (QED) is 0.0141. The Labute approximate surface area is 525 Å². The van der Waals surface area contributed by atoms with Gasteiger partial charge < -0.3 is 59.2 Å². The lowest BCUT2D eigenvalue weighted by molar-refractivity contribution is -0.599. The predicted molar refractivity (Wildman–Crippen MR) is 341 cm³/mol. The van der Waals surface area contributed by atoms with E-state index in [1.165, 1.54) is 17.8 Å². The van der Waals surface area contributed by atoms with Gasteiger partial charge in [-0.1, -0.05) is 36.4 Å². The van der Waals surface area contributed by atoms with E-state index in [0.717, 1.165) is 65.2 Å². The molecular weight excluding hydrogens is 1210 g/mol. The van der Waals surface area contributed by atoms with Crippen LogP contribution in [-0.2, 0) is 18.8 Å². The van der Waals surface area contributed by atoms with Crippen LogP contribution >= 0.6 is 7.14 Å². The lowest BCUT2D eigenvalue weighted by Crippen LogP contribution is -2.48. The second-order valence-corrected chi connectivity index (χ2v) is 26.0. The highest BCUT2D eigenvalue weighted by molar-refractivity contribution is 7.83. The second-order valence-electron chi connectivity index (χ2n) is 23.3. The molecule has 6 heterocycles. The minimum absolute atomic E-state index is 0.00959. The first kappa shape index (κ1) is 61.6. The maximum absolute atomic E-state index is 17.4. The van der Waals surface area contributed by atoms with Crippen molar-refractivity contribution >= 4 is 80.3 Å². The van der Waals surface area contributed by atoms with Gasteiger partial charge in [-0.05, 0) is 103 Å². The molecule has 2 aromatic heterocycles. The number of likely N-dealkylation sites (N-methyl/N-ethyl adjacent to an activating group) is 1. The molecule has 0 spiro atoms. The number of fused-ring (bicyclic) bond motifs is 4. The molecule has 18 nitrogen and oxygen atoms in total. The van der Waals surface area contributed by atoms with Gasteiger partial charge in [0.2, 0.25) is 17.8 Å². The zero-order chi connectivity index (χ0) is 63.8. The van der Waals surface area contributed by atoms with Gasteiger partial charge in [-0.2, -0.15) is 0 Å². The first-order valence-corrected chi connectivity index (χ1v) is 32.2. The maximum Gasteiger partial charge on any atom is 0.339 e. The summed E-state index contributed by atoms with van der Waals surface area (Å²) in [6.07, 6.45) is 3.00. The number of anilines is 2. The summed E-state index contributed by atoms with van der Waals surface area (Å²) in [4.78, 5) is 62.4. The Kier molecular flexibility index (Phi) is 17.5. The number of halogens is 5. The Morgan fingerprint density at radius 3 is 2.03 bits per heavy atom. The lowest BCUT2D eigenvalue weighted by atomic mass is 9.85. The number of amides is 2. The number of piperazine rings is 1. The topological polar surface area (TPSA) is 210 Å². The van der Waals surface area contributed by atoms with Crippen LogP contribution in [0.2, 0.25) is 0 Å². The highest BCUT2D eigenvalue weighted by atomic mass is 31.2. The van der Waals surface area contributed by atoms with Crippen molar-refractivity contribution in [3.63, 3.8) is 0 Å². The number of aromatic amines is 2. The molecule has 92 heavy (non-hydrogen) atoms. The van der Waals surface area contributed by atoms with E-state index in [1.807, 2.05) is 42.5 Å². The molecule has 1 atom stereocenters. The first-order valence-electron chi connectivity index (χ1n) is 30.5. The van der Waals surface area contributed by atoms with Crippen LogP contribution in [0.5, 0.6) is 5.75 Å². The summed E-state index contributed by atoms with van der Waals surface area (Å²) in [5.41, 5.74) is 3.50.